The molecule has 4 aliphatic rings. The van der Waals surface area contributed by atoms with Gasteiger partial charge in [-0.3, -0.25) is 4.79 Å². The summed E-state index contributed by atoms with van der Waals surface area (Å²) in [5.41, 5.74) is 3.18. The second-order valence-corrected chi connectivity index (χ2v) is 15.7. The molecule has 2 fully saturated rings. The fraction of sp³-hybridized carbons (Fsp3) is 0.610. The predicted octanol–water partition coefficient (Wildman–Crippen LogP) is 5.35. The SMILES string of the molecule is COC/C=C/C(C)=C1\COC(CC(C)C)C1CC1N=C2OC1COC(=O)/C(CC(C)C)=C/C(=O)OC1C(OC(=O)C1(C)CO)/C(C)=C\Cc1ccc2[nH]1. The van der Waals surface area contributed by atoms with Crippen LogP contribution in [0.25, 0.3) is 0 Å². The molecule has 5 heterocycles. The van der Waals surface area contributed by atoms with Crippen LogP contribution in [0.5, 0.6) is 0 Å². The van der Waals surface area contributed by atoms with E-state index < -0.39 is 48.2 Å². The van der Waals surface area contributed by atoms with Gasteiger partial charge in [0, 0.05) is 36.8 Å². The largest absolute Gasteiger partial charge is 0.467 e. The van der Waals surface area contributed by atoms with Crippen molar-refractivity contribution in [2.75, 3.05) is 33.5 Å². The molecule has 0 aromatic carbocycles. The Morgan fingerprint density at radius 1 is 1.13 bits per heavy atom. The lowest BCUT2D eigenvalue weighted by atomic mass is 9.83. The third kappa shape index (κ3) is 9.39. The monoisotopic (exact) mass is 736 g/mol. The van der Waals surface area contributed by atoms with Crippen LogP contribution >= 0.6 is 0 Å². The van der Waals surface area contributed by atoms with E-state index in [-0.39, 0.29) is 42.6 Å². The van der Waals surface area contributed by atoms with Gasteiger partial charge in [-0.15, -0.1) is 0 Å². The molecular weight excluding hydrogens is 680 g/mol. The molecule has 290 valence electrons. The zero-order valence-electron chi connectivity index (χ0n) is 32.3. The molecule has 0 saturated carbocycles. The Kier molecular flexibility index (Phi) is 13.2. The minimum Gasteiger partial charge on any atom is -0.467 e. The molecule has 2 saturated heterocycles. The number of aromatic nitrogens is 1. The van der Waals surface area contributed by atoms with E-state index in [2.05, 4.69) is 31.8 Å². The second kappa shape index (κ2) is 17.4. The zero-order valence-corrected chi connectivity index (χ0v) is 32.3. The van der Waals surface area contributed by atoms with Gasteiger partial charge in [-0.05, 0) is 80.7 Å². The summed E-state index contributed by atoms with van der Waals surface area (Å²) in [5.74, 6) is -1.25. The molecule has 4 bridgehead atoms. The van der Waals surface area contributed by atoms with Gasteiger partial charge in [0.2, 0.25) is 5.90 Å². The quantitative estimate of drug-likeness (QED) is 0.183. The average molecular weight is 737 g/mol. The molecule has 12 heteroatoms. The Morgan fingerprint density at radius 2 is 1.91 bits per heavy atom. The summed E-state index contributed by atoms with van der Waals surface area (Å²) < 4.78 is 35.5. The number of carbonyl (C=O) groups excluding carboxylic acids is 3. The van der Waals surface area contributed by atoms with Gasteiger partial charge in [0.1, 0.15) is 17.7 Å². The Hall–Kier alpha value is -4.00. The molecule has 53 heavy (non-hydrogen) atoms. The van der Waals surface area contributed by atoms with E-state index >= 15 is 0 Å². The van der Waals surface area contributed by atoms with E-state index in [0.29, 0.717) is 49.1 Å². The van der Waals surface area contributed by atoms with Gasteiger partial charge >= 0.3 is 17.9 Å². The van der Waals surface area contributed by atoms with Crippen LogP contribution in [0, 0.1) is 23.2 Å². The average Bonchev–Trinajstić information content (AvgIpc) is 3.89. The Morgan fingerprint density at radius 3 is 2.60 bits per heavy atom. The van der Waals surface area contributed by atoms with Gasteiger partial charge in [-0.25, -0.2) is 14.6 Å². The summed E-state index contributed by atoms with van der Waals surface area (Å²) in [5, 5.41) is 10.2. The number of ether oxygens (including phenoxy) is 6. The van der Waals surface area contributed by atoms with Gasteiger partial charge < -0.3 is 38.5 Å². The van der Waals surface area contributed by atoms with Crippen molar-refractivity contribution in [1.82, 2.24) is 4.98 Å². The van der Waals surface area contributed by atoms with Crippen molar-refractivity contribution >= 4 is 23.8 Å². The lowest BCUT2D eigenvalue weighted by molar-refractivity contribution is -0.153. The molecule has 4 aliphatic heterocycles. The topological polar surface area (TPSA) is 155 Å². The molecule has 5 rings (SSSR count). The summed E-state index contributed by atoms with van der Waals surface area (Å²) >= 11 is 0. The molecule has 0 aliphatic carbocycles. The van der Waals surface area contributed by atoms with E-state index in [9.17, 15) is 19.5 Å². The lowest BCUT2D eigenvalue weighted by Gasteiger charge is -2.27. The minimum absolute atomic E-state index is 0.00197. The molecule has 7 atom stereocenters. The van der Waals surface area contributed by atoms with E-state index in [0.717, 1.165) is 23.8 Å². The molecule has 0 radical (unpaired) electrons. The number of hydrogen-bond donors (Lipinski definition) is 2. The standard InChI is InChI=1S/C41H56N2O10/c1-23(2)16-27-18-35(45)52-37-36(53-40(47)41(37,7)22-44)26(6)11-12-28-13-14-31(42-28)38-43-32(34(51-38)21-50-39(27)46)19-29-30(25(5)10-9-15-48-8)20-49-33(29)17-24(3)4/h9-11,13-14,18,23-24,29,32-34,36-37,42,44H,12,15-17,19-22H2,1-8H3/b10-9+,26-11-,27-18+,30-25+. The van der Waals surface area contributed by atoms with Crippen LogP contribution in [0.4, 0.5) is 0 Å². The summed E-state index contributed by atoms with van der Waals surface area (Å²) in [4.78, 5) is 48.6. The number of aliphatic hydroxyl groups is 1. The highest BCUT2D eigenvalue weighted by Gasteiger charge is 2.57. The number of aliphatic imine (C=N–C) groups is 1. The van der Waals surface area contributed by atoms with Crippen LogP contribution in [0.1, 0.15) is 79.1 Å². The number of rotatable bonds is 10. The lowest BCUT2D eigenvalue weighted by Crippen LogP contribution is -2.43. The van der Waals surface area contributed by atoms with Crippen LogP contribution in [0.2, 0.25) is 0 Å². The van der Waals surface area contributed by atoms with Crippen LogP contribution in [-0.4, -0.2) is 97.9 Å². The molecular formula is C41H56N2O10. The second-order valence-electron chi connectivity index (χ2n) is 15.7. The number of nitrogens with zero attached hydrogens (tertiary/aromatic N) is 1. The predicted molar refractivity (Wildman–Crippen MR) is 198 cm³/mol. The van der Waals surface area contributed by atoms with Gasteiger partial charge in [-0.2, -0.15) is 0 Å². The highest BCUT2D eigenvalue weighted by Crippen LogP contribution is 2.40. The first-order valence-corrected chi connectivity index (χ1v) is 18.7. The number of allylic oxidation sites excluding steroid dienone is 3. The number of methoxy groups -OCH3 is 1. The number of H-pyrrole nitrogens is 1. The zero-order chi connectivity index (χ0) is 38.4. The number of cyclic esters (lactones) is 1. The number of hydrogen-bond acceptors (Lipinski definition) is 11. The molecule has 12 nitrogen and oxygen atoms in total. The summed E-state index contributed by atoms with van der Waals surface area (Å²) in [6.07, 6.45) is 6.66. The first kappa shape index (κ1) is 40.2. The maximum atomic E-state index is 13.7. The fourth-order valence-electron chi connectivity index (χ4n) is 7.40. The third-order valence-electron chi connectivity index (χ3n) is 10.5. The van der Waals surface area contributed by atoms with Crippen LogP contribution in [-0.2, 0) is 49.2 Å². The van der Waals surface area contributed by atoms with Crippen molar-refractivity contribution in [2.45, 2.75) is 105 Å². The van der Waals surface area contributed by atoms with Crippen molar-refractivity contribution in [1.29, 1.82) is 0 Å². The van der Waals surface area contributed by atoms with Crippen molar-refractivity contribution in [3.05, 3.63) is 70.1 Å². The molecule has 0 amide bonds. The number of nitrogens with one attached hydrogen (secondary N) is 1. The molecule has 0 spiro atoms. The Balaban J connectivity index is 1.51. The third-order valence-corrected chi connectivity index (χ3v) is 10.5. The Labute approximate surface area is 312 Å². The maximum absolute atomic E-state index is 13.7. The maximum Gasteiger partial charge on any atom is 0.334 e. The highest BCUT2D eigenvalue weighted by atomic mass is 16.6. The van der Waals surface area contributed by atoms with Crippen molar-refractivity contribution in [2.24, 2.45) is 28.2 Å². The van der Waals surface area contributed by atoms with Crippen molar-refractivity contribution in [3.8, 4) is 0 Å². The van der Waals surface area contributed by atoms with Crippen LogP contribution in [0.3, 0.4) is 0 Å². The number of esters is 3. The first-order chi connectivity index (χ1) is 25.2. The molecule has 1 aromatic rings. The van der Waals surface area contributed by atoms with Crippen molar-refractivity contribution in [3.63, 3.8) is 0 Å². The van der Waals surface area contributed by atoms with Crippen molar-refractivity contribution < 1.29 is 47.9 Å². The summed E-state index contributed by atoms with van der Waals surface area (Å²) in [6.45, 7) is 14.0. The normalized spacial score (nSPS) is 32.6. The molecule has 7 unspecified atom stereocenters. The Bertz CT molecular complexity index is 1670. The van der Waals surface area contributed by atoms with E-state index in [1.165, 1.54) is 12.5 Å². The number of fused-ring (bicyclic) bond motifs is 6. The number of aromatic amines is 1. The van der Waals surface area contributed by atoms with E-state index in [1.54, 1.807) is 14.0 Å². The van der Waals surface area contributed by atoms with Crippen LogP contribution in [0.15, 0.2) is 63.7 Å². The number of carbonyl (C=O) groups is 3. The smallest absolute Gasteiger partial charge is 0.334 e. The molecule has 2 N–H and O–H groups in total. The van der Waals surface area contributed by atoms with Gasteiger partial charge in [0.05, 0.1) is 32.0 Å². The minimum atomic E-state index is -1.49. The van der Waals surface area contributed by atoms with E-state index in [1.807, 2.05) is 38.1 Å². The molecule has 1 aromatic heterocycles. The van der Waals surface area contributed by atoms with Gasteiger partial charge in [-0.1, -0.05) is 45.9 Å². The first-order valence-electron chi connectivity index (χ1n) is 18.7. The fourth-order valence-corrected chi connectivity index (χ4v) is 7.40. The number of aliphatic hydroxyl groups excluding tert-OH is 1. The van der Waals surface area contributed by atoms with Crippen LogP contribution < -0.4 is 0 Å². The van der Waals surface area contributed by atoms with Gasteiger partial charge in [0.15, 0.2) is 18.3 Å². The summed E-state index contributed by atoms with van der Waals surface area (Å²) in [6, 6.07) is 3.48. The highest BCUT2D eigenvalue weighted by molar-refractivity contribution is 5.97. The van der Waals surface area contributed by atoms with Gasteiger partial charge in [0.25, 0.3) is 0 Å². The van der Waals surface area contributed by atoms with E-state index in [4.69, 9.17) is 33.4 Å². The summed E-state index contributed by atoms with van der Waals surface area (Å²) in [7, 11) is 1.67.